The third-order valence-corrected chi connectivity index (χ3v) is 5.66. The molecule has 1 aromatic heterocycles. The Morgan fingerprint density at radius 2 is 2.21 bits per heavy atom. The van der Waals surface area contributed by atoms with E-state index >= 15 is 0 Å². The predicted octanol–water partition coefficient (Wildman–Crippen LogP) is 2.21. The van der Waals surface area contributed by atoms with Crippen molar-refractivity contribution < 1.29 is 22.7 Å². The van der Waals surface area contributed by atoms with E-state index in [1.807, 2.05) is 6.92 Å². The number of carbonyl (C=O) groups is 1. The Hall–Kier alpha value is -0.860. The molecule has 0 spiro atoms. The van der Waals surface area contributed by atoms with Crippen LogP contribution in [0.4, 0.5) is 0 Å². The van der Waals surface area contributed by atoms with Crippen LogP contribution in [0.5, 0.6) is 0 Å². The molecule has 2 rings (SSSR count). The van der Waals surface area contributed by atoms with Crippen LogP contribution in [0.1, 0.15) is 36.7 Å². The molecular formula is C11H14BrNO5S. The van der Waals surface area contributed by atoms with Gasteiger partial charge in [-0.05, 0) is 34.2 Å². The highest BCUT2D eigenvalue weighted by atomic mass is 79.9. The van der Waals surface area contributed by atoms with Gasteiger partial charge in [-0.25, -0.2) is 17.9 Å². The van der Waals surface area contributed by atoms with Crippen molar-refractivity contribution in [2.45, 2.75) is 31.1 Å². The number of carboxylic acid groups (broad SMARTS) is 1. The summed E-state index contributed by atoms with van der Waals surface area (Å²) in [4.78, 5) is 10.5. The SMILES string of the molecule is CC1(CNS(=O)(=O)c2cc(C(=O)O)oc2Br)CCC1. The zero-order valence-electron chi connectivity index (χ0n) is 10.3. The van der Waals surface area contributed by atoms with Gasteiger partial charge in [-0.15, -0.1) is 0 Å². The Morgan fingerprint density at radius 3 is 2.63 bits per heavy atom. The van der Waals surface area contributed by atoms with E-state index in [2.05, 4.69) is 20.7 Å². The van der Waals surface area contributed by atoms with Gasteiger partial charge in [-0.1, -0.05) is 13.3 Å². The second-order valence-corrected chi connectivity index (χ2v) is 7.50. The van der Waals surface area contributed by atoms with E-state index in [1.165, 1.54) is 0 Å². The second kappa shape index (κ2) is 4.92. The Bertz CT molecular complexity index is 603. The highest BCUT2D eigenvalue weighted by Crippen LogP contribution is 2.39. The van der Waals surface area contributed by atoms with E-state index in [-0.39, 0.29) is 15.0 Å². The number of hydrogen-bond acceptors (Lipinski definition) is 4. The standard InChI is InChI=1S/C11H14BrNO5S/c1-11(3-2-4-11)6-13-19(16,17)8-5-7(10(14)15)18-9(8)12/h5,13H,2-4,6H2,1H3,(H,14,15). The summed E-state index contributed by atoms with van der Waals surface area (Å²) in [5.41, 5.74) is -0.00108. The quantitative estimate of drug-likeness (QED) is 0.847. The fraction of sp³-hybridized carbons (Fsp3) is 0.545. The van der Waals surface area contributed by atoms with Gasteiger partial charge in [-0.2, -0.15) is 0 Å². The Labute approximate surface area is 119 Å². The first-order valence-corrected chi connectivity index (χ1v) is 8.03. The summed E-state index contributed by atoms with van der Waals surface area (Å²) in [5, 5.41) is 8.76. The summed E-state index contributed by atoms with van der Waals surface area (Å²) in [6.45, 7) is 2.36. The second-order valence-electron chi connectivity index (χ2n) is 5.04. The first-order chi connectivity index (χ1) is 8.73. The predicted molar refractivity (Wildman–Crippen MR) is 70.5 cm³/mol. The highest BCUT2D eigenvalue weighted by Gasteiger charge is 2.34. The van der Waals surface area contributed by atoms with E-state index < -0.39 is 21.8 Å². The van der Waals surface area contributed by atoms with E-state index in [4.69, 9.17) is 9.52 Å². The van der Waals surface area contributed by atoms with Crippen LogP contribution in [0.25, 0.3) is 0 Å². The zero-order chi connectivity index (χ0) is 14.3. The van der Waals surface area contributed by atoms with E-state index in [0.29, 0.717) is 6.54 Å². The minimum absolute atomic E-state index is 0.00108. The molecule has 19 heavy (non-hydrogen) atoms. The third-order valence-electron chi connectivity index (χ3n) is 3.41. The Kier molecular flexibility index (Phi) is 3.76. The lowest BCUT2D eigenvalue weighted by molar-refractivity contribution is 0.0661. The average Bonchev–Trinajstić information content (AvgIpc) is 2.67. The molecule has 1 fully saturated rings. The van der Waals surface area contributed by atoms with Gasteiger partial charge in [0.15, 0.2) is 4.67 Å². The number of halogens is 1. The largest absolute Gasteiger partial charge is 0.475 e. The van der Waals surface area contributed by atoms with E-state index in [0.717, 1.165) is 25.3 Å². The third kappa shape index (κ3) is 3.01. The molecule has 1 aliphatic carbocycles. The molecule has 106 valence electrons. The number of rotatable bonds is 5. The van der Waals surface area contributed by atoms with Crippen molar-refractivity contribution in [3.63, 3.8) is 0 Å². The number of carboxylic acids is 1. The van der Waals surface area contributed by atoms with Crippen molar-refractivity contribution in [1.29, 1.82) is 0 Å². The molecule has 2 N–H and O–H groups in total. The maximum absolute atomic E-state index is 12.1. The number of furan rings is 1. The first kappa shape index (κ1) is 14.5. The van der Waals surface area contributed by atoms with Crippen molar-refractivity contribution in [1.82, 2.24) is 4.72 Å². The molecule has 0 atom stereocenters. The summed E-state index contributed by atoms with van der Waals surface area (Å²) in [6, 6.07) is 0.998. The number of hydrogen-bond donors (Lipinski definition) is 2. The molecule has 8 heteroatoms. The summed E-state index contributed by atoms with van der Waals surface area (Å²) < 4.78 is 31.4. The van der Waals surface area contributed by atoms with Crippen LogP contribution in [-0.2, 0) is 10.0 Å². The van der Waals surface area contributed by atoms with E-state index in [9.17, 15) is 13.2 Å². The van der Waals surface area contributed by atoms with Gasteiger partial charge >= 0.3 is 5.97 Å². The summed E-state index contributed by atoms with van der Waals surface area (Å²) >= 11 is 2.92. The number of nitrogens with one attached hydrogen (secondary N) is 1. The van der Waals surface area contributed by atoms with Gasteiger partial charge in [-0.3, -0.25) is 0 Å². The van der Waals surface area contributed by atoms with Gasteiger partial charge < -0.3 is 9.52 Å². The molecule has 0 amide bonds. The lowest BCUT2D eigenvalue weighted by Crippen LogP contribution is -2.39. The van der Waals surface area contributed by atoms with Gasteiger partial charge in [0.2, 0.25) is 15.8 Å². The zero-order valence-corrected chi connectivity index (χ0v) is 12.7. The molecule has 1 heterocycles. The Morgan fingerprint density at radius 1 is 1.58 bits per heavy atom. The van der Waals surface area contributed by atoms with Crippen LogP contribution in [-0.4, -0.2) is 26.0 Å². The molecule has 0 aromatic carbocycles. The maximum Gasteiger partial charge on any atom is 0.371 e. The van der Waals surface area contributed by atoms with Gasteiger partial charge in [0, 0.05) is 12.6 Å². The molecular weight excluding hydrogens is 338 g/mol. The topological polar surface area (TPSA) is 96.6 Å². The number of aromatic carboxylic acids is 1. The molecule has 0 bridgehead atoms. The Balaban J connectivity index is 2.17. The smallest absolute Gasteiger partial charge is 0.371 e. The minimum Gasteiger partial charge on any atom is -0.475 e. The first-order valence-electron chi connectivity index (χ1n) is 5.76. The fourth-order valence-electron chi connectivity index (χ4n) is 1.94. The average molecular weight is 352 g/mol. The van der Waals surface area contributed by atoms with E-state index in [1.54, 1.807) is 0 Å². The van der Waals surface area contributed by atoms with Crippen molar-refractivity contribution in [3.05, 3.63) is 16.5 Å². The maximum atomic E-state index is 12.1. The van der Waals surface area contributed by atoms with Crippen LogP contribution in [0.2, 0.25) is 0 Å². The molecule has 0 unspecified atom stereocenters. The van der Waals surface area contributed by atoms with Crippen LogP contribution in [0.15, 0.2) is 20.0 Å². The van der Waals surface area contributed by atoms with Crippen molar-refractivity contribution in [2.75, 3.05) is 6.54 Å². The van der Waals surface area contributed by atoms with Gasteiger partial charge in [0.05, 0.1) is 0 Å². The molecule has 1 aromatic rings. The van der Waals surface area contributed by atoms with Gasteiger partial charge in [0.1, 0.15) is 4.90 Å². The molecule has 0 saturated heterocycles. The normalized spacial score (nSPS) is 18.0. The minimum atomic E-state index is -3.77. The van der Waals surface area contributed by atoms with Gasteiger partial charge in [0.25, 0.3) is 0 Å². The molecule has 0 aliphatic heterocycles. The lowest BCUT2D eigenvalue weighted by atomic mass is 9.71. The molecule has 1 saturated carbocycles. The lowest BCUT2D eigenvalue weighted by Gasteiger charge is -2.38. The fourth-order valence-corrected chi connectivity index (χ4v) is 4.08. The van der Waals surface area contributed by atoms with Crippen LogP contribution in [0.3, 0.4) is 0 Å². The van der Waals surface area contributed by atoms with Crippen molar-refractivity contribution >= 4 is 31.9 Å². The summed E-state index contributed by atoms with van der Waals surface area (Å²) in [5.74, 6) is -1.73. The molecule has 0 radical (unpaired) electrons. The molecule has 6 nitrogen and oxygen atoms in total. The number of sulfonamides is 1. The summed E-state index contributed by atoms with van der Waals surface area (Å²) in [7, 11) is -3.77. The van der Waals surface area contributed by atoms with Crippen molar-refractivity contribution in [2.24, 2.45) is 5.41 Å². The highest BCUT2D eigenvalue weighted by molar-refractivity contribution is 9.10. The van der Waals surface area contributed by atoms with Crippen LogP contribution in [0, 0.1) is 5.41 Å². The summed E-state index contributed by atoms with van der Waals surface area (Å²) in [6.07, 6.45) is 3.09. The molecule has 1 aliphatic rings. The monoisotopic (exact) mass is 351 g/mol. The van der Waals surface area contributed by atoms with Crippen LogP contribution < -0.4 is 4.72 Å². The van der Waals surface area contributed by atoms with Crippen molar-refractivity contribution in [3.8, 4) is 0 Å². The van der Waals surface area contributed by atoms with Crippen LogP contribution >= 0.6 is 15.9 Å².